The van der Waals surface area contributed by atoms with Crippen LogP contribution >= 0.6 is 11.6 Å². The molecular formula is C12H9Cl. The molecule has 0 nitrogen and oxygen atoms in total. The SMILES string of the molecule is Cl/C=C/c1cccc2ccccc12. The molecule has 0 atom stereocenters. The lowest BCUT2D eigenvalue weighted by Gasteiger charge is -2.00. The second kappa shape index (κ2) is 3.63. The van der Waals surface area contributed by atoms with Crippen LogP contribution in [0.25, 0.3) is 16.8 Å². The molecule has 2 aromatic carbocycles. The summed E-state index contributed by atoms with van der Waals surface area (Å²) in [5.41, 5.74) is 2.70. The summed E-state index contributed by atoms with van der Waals surface area (Å²) in [6.07, 6.45) is 1.91. The first-order valence-electron chi connectivity index (χ1n) is 4.16. The van der Waals surface area contributed by atoms with Gasteiger partial charge in [-0.1, -0.05) is 54.1 Å². The number of rotatable bonds is 1. The highest BCUT2D eigenvalue weighted by molar-refractivity contribution is 6.27. The molecule has 0 unspecified atom stereocenters. The Morgan fingerprint density at radius 3 is 2.54 bits per heavy atom. The summed E-state index contributed by atoms with van der Waals surface area (Å²) in [6.45, 7) is 0. The van der Waals surface area contributed by atoms with Gasteiger partial charge in [-0.15, -0.1) is 0 Å². The largest absolute Gasteiger partial charge is 0.0929 e. The van der Waals surface area contributed by atoms with Crippen LogP contribution < -0.4 is 0 Å². The number of hydrogen-bond donors (Lipinski definition) is 0. The molecule has 0 aliphatic heterocycles. The zero-order chi connectivity index (χ0) is 9.10. The van der Waals surface area contributed by atoms with Gasteiger partial charge in [-0.3, -0.25) is 0 Å². The maximum atomic E-state index is 5.56. The maximum Gasteiger partial charge on any atom is 0.00486 e. The zero-order valence-corrected chi connectivity index (χ0v) is 7.83. The fraction of sp³-hybridized carbons (Fsp3) is 0. The molecule has 0 radical (unpaired) electrons. The number of hydrogen-bond acceptors (Lipinski definition) is 0. The van der Waals surface area contributed by atoms with Crippen molar-refractivity contribution in [1.82, 2.24) is 0 Å². The van der Waals surface area contributed by atoms with E-state index >= 15 is 0 Å². The highest BCUT2D eigenvalue weighted by Gasteiger charge is 1.94. The molecule has 0 bridgehead atoms. The zero-order valence-electron chi connectivity index (χ0n) is 7.07. The molecule has 1 heteroatoms. The van der Waals surface area contributed by atoms with E-state index in [1.54, 1.807) is 5.54 Å². The third-order valence-corrected chi connectivity index (χ3v) is 2.19. The first-order valence-corrected chi connectivity index (χ1v) is 4.60. The summed E-state index contributed by atoms with van der Waals surface area (Å²) in [7, 11) is 0. The molecule has 0 saturated heterocycles. The Bertz CT molecular complexity index is 438. The van der Waals surface area contributed by atoms with E-state index in [2.05, 4.69) is 24.3 Å². The third-order valence-electron chi connectivity index (χ3n) is 2.07. The second-order valence-electron chi connectivity index (χ2n) is 2.86. The Kier molecular flexibility index (Phi) is 2.33. The van der Waals surface area contributed by atoms with Crippen molar-refractivity contribution in [2.24, 2.45) is 0 Å². The Hall–Kier alpha value is -1.27. The minimum atomic E-state index is 1.16. The van der Waals surface area contributed by atoms with E-state index in [4.69, 9.17) is 11.6 Å². The molecule has 2 rings (SSSR count). The molecular weight excluding hydrogens is 180 g/mol. The highest BCUT2D eigenvalue weighted by Crippen LogP contribution is 2.19. The summed E-state index contributed by atoms with van der Waals surface area (Å²) < 4.78 is 0. The average molecular weight is 189 g/mol. The fourth-order valence-corrected chi connectivity index (χ4v) is 1.60. The molecule has 0 N–H and O–H groups in total. The molecule has 2 aromatic rings. The predicted octanol–water partition coefficient (Wildman–Crippen LogP) is 4.05. The average Bonchev–Trinajstić information content (AvgIpc) is 2.19. The van der Waals surface area contributed by atoms with Crippen molar-refractivity contribution in [3.05, 3.63) is 53.6 Å². The minimum absolute atomic E-state index is 1.16. The molecule has 64 valence electrons. The Morgan fingerprint density at radius 1 is 0.923 bits per heavy atom. The van der Waals surface area contributed by atoms with Crippen LogP contribution in [0.5, 0.6) is 0 Å². The van der Waals surface area contributed by atoms with Crippen LogP contribution in [0, 0.1) is 0 Å². The van der Waals surface area contributed by atoms with Crippen LogP contribution in [0.15, 0.2) is 48.0 Å². The van der Waals surface area contributed by atoms with Gasteiger partial charge in [0.2, 0.25) is 0 Å². The van der Waals surface area contributed by atoms with Gasteiger partial charge in [-0.25, -0.2) is 0 Å². The van der Waals surface area contributed by atoms with Gasteiger partial charge in [-0.05, 0) is 22.4 Å². The number of fused-ring (bicyclic) bond motifs is 1. The summed E-state index contributed by atoms with van der Waals surface area (Å²) in [6, 6.07) is 14.5. The fourth-order valence-electron chi connectivity index (χ4n) is 1.46. The van der Waals surface area contributed by atoms with E-state index in [1.165, 1.54) is 10.8 Å². The molecule has 0 fully saturated rings. The van der Waals surface area contributed by atoms with Gasteiger partial charge in [0.25, 0.3) is 0 Å². The van der Waals surface area contributed by atoms with Crippen molar-refractivity contribution in [1.29, 1.82) is 0 Å². The summed E-state index contributed by atoms with van der Waals surface area (Å²) >= 11 is 5.56. The lowest BCUT2D eigenvalue weighted by atomic mass is 10.1. The van der Waals surface area contributed by atoms with Crippen LogP contribution in [0.1, 0.15) is 5.56 Å². The van der Waals surface area contributed by atoms with Gasteiger partial charge in [0.05, 0.1) is 0 Å². The number of benzene rings is 2. The monoisotopic (exact) mass is 188 g/mol. The molecule has 0 aliphatic carbocycles. The van der Waals surface area contributed by atoms with E-state index in [0.717, 1.165) is 5.56 Å². The minimum Gasteiger partial charge on any atom is -0.0929 e. The molecule has 0 spiro atoms. The molecule has 0 aromatic heterocycles. The van der Waals surface area contributed by atoms with Gasteiger partial charge in [0.1, 0.15) is 0 Å². The lowest BCUT2D eigenvalue weighted by molar-refractivity contribution is 1.71. The lowest BCUT2D eigenvalue weighted by Crippen LogP contribution is -1.76. The van der Waals surface area contributed by atoms with E-state index in [9.17, 15) is 0 Å². The first-order chi connectivity index (χ1) is 6.42. The van der Waals surface area contributed by atoms with Crippen molar-refractivity contribution in [2.45, 2.75) is 0 Å². The van der Waals surface area contributed by atoms with Gasteiger partial charge in [0, 0.05) is 5.54 Å². The van der Waals surface area contributed by atoms with Crippen molar-refractivity contribution in [2.75, 3.05) is 0 Å². The van der Waals surface area contributed by atoms with Gasteiger partial charge in [-0.2, -0.15) is 0 Å². The van der Waals surface area contributed by atoms with Gasteiger partial charge >= 0.3 is 0 Å². The van der Waals surface area contributed by atoms with E-state index in [0.29, 0.717) is 0 Å². The molecule has 0 amide bonds. The highest BCUT2D eigenvalue weighted by atomic mass is 35.5. The van der Waals surface area contributed by atoms with Crippen LogP contribution in [0.2, 0.25) is 0 Å². The van der Waals surface area contributed by atoms with Crippen LogP contribution in [0.3, 0.4) is 0 Å². The van der Waals surface area contributed by atoms with Crippen molar-refractivity contribution in [3.63, 3.8) is 0 Å². The summed E-state index contributed by atoms with van der Waals surface area (Å²) in [5, 5.41) is 2.48. The Balaban J connectivity index is 2.75. The Labute approximate surface area is 82.5 Å². The maximum absolute atomic E-state index is 5.56. The normalized spacial score (nSPS) is 11.2. The van der Waals surface area contributed by atoms with Crippen molar-refractivity contribution in [3.8, 4) is 0 Å². The molecule has 13 heavy (non-hydrogen) atoms. The Morgan fingerprint density at radius 2 is 1.69 bits per heavy atom. The first kappa shape index (κ1) is 8.33. The van der Waals surface area contributed by atoms with E-state index < -0.39 is 0 Å². The standard InChI is InChI=1S/C12H9Cl/c13-9-8-11-6-3-5-10-4-1-2-7-12(10)11/h1-9H/b9-8+. The molecule has 0 aliphatic rings. The molecule has 0 heterocycles. The molecule has 0 saturated carbocycles. The van der Waals surface area contributed by atoms with Crippen LogP contribution in [-0.2, 0) is 0 Å². The van der Waals surface area contributed by atoms with E-state index in [-0.39, 0.29) is 0 Å². The van der Waals surface area contributed by atoms with E-state index in [1.807, 2.05) is 24.3 Å². The van der Waals surface area contributed by atoms with Gasteiger partial charge in [0.15, 0.2) is 0 Å². The van der Waals surface area contributed by atoms with Crippen molar-refractivity contribution < 1.29 is 0 Å². The smallest absolute Gasteiger partial charge is 0.00486 e. The number of halogens is 1. The van der Waals surface area contributed by atoms with Gasteiger partial charge < -0.3 is 0 Å². The summed E-state index contributed by atoms with van der Waals surface area (Å²) in [4.78, 5) is 0. The second-order valence-corrected chi connectivity index (χ2v) is 3.11. The quantitative estimate of drug-likeness (QED) is 0.634. The predicted molar refractivity (Wildman–Crippen MR) is 58.8 cm³/mol. The van der Waals surface area contributed by atoms with Crippen LogP contribution in [-0.4, -0.2) is 0 Å². The summed E-state index contributed by atoms with van der Waals surface area (Å²) in [5.74, 6) is 0. The van der Waals surface area contributed by atoms with Crippen molar-refractivity contribution >= 4 is 28.4 Å². The third kappa shape index (κ3) is 1.58. The topological polar surface area (TPSA) is 0 Å². The van der Waals surface area contributed by atoms with Crippen LogP contribution in [0.4, 0.5) is 0 Å².